The van der Waals surface area contributed by atoms with Crippen molar-refractivity contribution >= 4 is 17.3 Å². The Kier molecular flexibility index (Phi) is 5.80. The summed E-state index contributed by atoms with van der Waals surface area (Å²) in [6.45, 7) is 1.71. The summed E-state index contributed by atoms with van der Waals surface area (Å²) in [6.07, 6.45) is 0. The standard InChI is InChI=1S/C17H20N2O3/c1-21-17(20)14-7-8-15(18)16(11-14)19-9-10-22-12-13-5-3-2-4-6-13/h2-8,11,19H,9-10,12,18H2,1H3. The molecule has 2 aromatic carbocycles. The molecule has 0 unspecified atom stereocenters. The van der Waals surface area contributed by atoms with Gasteiger partial charge < -0.3 is 20.5 Å². The summed E-state index contributed by atoms with van der Waals surface area (Å²) in [4.78, 5) is 11.5. The van der Waals surface area contributed by atoms with Crippen molar-refractivity contribution in [3.63, 3.8) is 0 Å². The van der Waals surface area contributed by atoms with Crippen LogP contribution in [0.4, 0.5) is 11.4 Å². The second kappa shape index (κ2) is 8.05. The number of anilines is 2. The van der Waals surface area contributed by atoms with Crippen LogP contribution in [-0.2, 0) is 16.1 Å². The molecule has 0 heterocycles. The van der Waals surface area contributed by atoms with E-state index in [0.29, 0.717) is 36.7 Å². The highest BCUT2D eigenvalue weighted by Gasteiger charge is 2.08. The maximum absolute atomic E-state index is 11.5. The van der Waals surface area contributed by atoms with Crippen LogP contribution in [0.15, 0.2) is 48.5 Å². The van der Waals surface area contributed by atoms with Crippen LogP contribution in [0.3, 0.4) is 0 Å². The number of methoxy groups -OCH3 is 1. The number of nitrogens with one attached hydrogen (secondary N) is 1. The fourth-order valence-electron chi connectivity index (χ4n) is 1.98. The highest BCUT2D eigenvalue weighted by atomic mass is 16.5. The third-order valence-electron chi connectivity index (χ3n) is 3.15. The van der Waals surface area contributed by atoms with Crippen LogP contribution in [0.2, 0.25) is 0 Å². The van der Waals surface area contributed by atoms with Gasteiger partial charge in [-0.2, -0.15) is 0 Å². The number of nitrogens with two attached hydrogens (primary N) is 1. The first-order valence-electron chi connectivity index (χ1n) is 7.04. The summed E-state index contributed by atoms with van der Waals surface area (Å²) in [5.41, 5.74) is 8.76. The van der Waals surface area contributed by atoms with Crippen molar-refractivity contribution in [2.75, 3.05) is 31.3 Å². The quantitative estimate of drug-likeness (QED) is 0.467. The van der Waals surface area contributed by atoms with E-state index in [1.54, 1.807) is 18.2 Å². The molecule has 0 aliphatic rings. The minimum absolute atomic E-state index is 0.386. The number of hydrogen-bond donors (Lipinski definition) is 2. The maximum atomic E-state index is 11.5. The molecular weight excluding hydrogens is 280 g/mol. The average molecular weight is 300 g/mol. The molecule has 0 aliphatic carbocycles. The monoisotopic (exact) mass is 300 g/mol. The van der Waals surface area contributed by atoms with E-state index in [1.165, 1.54) is 7.11 Å². The zero-order chi connectivity index (χ0) is 15.8. The zero-order valence-corrected chi connectivity index (χ0v) is 12.5. The lowest BCUT2D eigenvalue weighted by molar-refractivity contribution is 0.0601. The van der Waals surface area contributed by atoms with Crippen molar-refractivity contribution in [3.05, 3.63) is 59.7 Å². The van der Waals surface area contributed by atoms with E-state index in [9.17, 15) is 4.79 Å². The molecule has 22 heavy (non-hydrogen) atoms. The predicted molar refractivity (Wildman–Crippen MR) is 86.8 cm³/mol. The molecule has 2 rings (SSSR count). The molecular formula is C17H20N2O3. The van der Waals surface area contributed by atoms with Gasteiger partial charge in [-0.1, -0.05) is 30.3 Å². The minimum Gasteiger partial charge on any atom is -0.465 e. The molecule has 0 spiro atoms. The summed E-state index contributed by atoms with van der Waals surface area (Å²) in [5, 5.41) is 3.16. The normalized spacial score (nSPS) is 10.2. The third-order valence-corrected chi connectivity index (χ3v) is 3.15. The molecule has 116 valence electrons. The fourth-order valence-corrected chi connectivity index (χ4v) is 1.98. The Morgan fingerprint density at radius 1 is 1.18 bits per heavy atom. The van der Waals surface area contributed by atoms with E-state index in [0.717, 1.165) is 5.56 Å². The first-order chi connectivity index (χ1) is 10.7. The Morgan fingerprint density at radius 2 is 1.95 bits per heavy atom. The Morgan fingerprint density at radius 3 is 2.68 bits per heavy atom. The molecule has 0 saturated heterocycles. The van der Waals surface area contributed by atoms with Crippen molar-refractivity contribution in [3.8, 4) is 0 Å². The van der Waals surface area contributed by atoms with Crippen molar-refractivity contribution in [2.45, 2.75) is 6.61 Å². The van der Waals surface area contributed by atoms with E-state index in [1.807, 2.05) is 30.3 Å². The molecule has 3 N–H and O–H groups in total. The summed E-state index contributed by atoms with van der Waals surface area (Å²) < 4.78 is 10.3. The SMILES string of the molecule is COC(=O)c1ccc(N)c(NCCOCc2ccccc2)c1. The Balaban J connectivity index is 1.80. The molecule has 5 heteroatoms. The lowest BCUT2D eigenvalue weighted by Crippen LogP contribution is -2.11. The van der Waals surface area contributed by atoms with Gasteiger partial charge in [0.1, 0.15) is 0 Å². The first-order valence-corrected chi connectivity index (χ1v) is 7.04. The third kappa shape index (κ3) is 4.49. The largest absolute Gasteiger partial charge is 0.465 e. The second-order valence-corrected chi connectivity index (χ2v) is 4.76. The van der Waals surface area contributed by atoms with Gasteiger partial charge in [0.05, 0.1) is 37.3 Å². The van der Waals surface area contributed by atoms with Crippen LogP contribution in [0.1, 0.15) is 15.9 Å². The number of esters is 1. The van der Waals surface area contributed by atoms with Gasteiger partial charge in [0, 0.05) is 6.54 Å². The Hall–Kier alpha value is -2.53. The fraction of sp³-hybridized carbons (Fsp3) is 0.235. The van der Waals surface area contributed by atoms with E-state index in [4.69, 9.17) is 15.2 Å². The second-order valence-electron chi connectivity index (χ2n) is 4.76. The number of benzene rings is 2. The van der Waals surface area contributed by atoms with Gasteiger partial charge in [0.2, 0.25) is 0 Å². The van der Waals surface area contributed by atoms with E-state index >= 15 is 0 Å². The van der Waals surface area contributed by atoms with Gasteiger partial charge in [0.25, 0.3) is 0 Å². The molecule has 0 aliphatic heterocycles. The van der Waals surface area contributed by atoms with Crippen LogP contribution in [0.25, 0.3) is 0 Å². The van der Waals surface area contributed by atoms with Gasteiger partial charge in [-0.25, -0.2) is 4.79 Å². The molecule has 0 aromatic heterocycles. The van der Waals surface area contributed by atoms with Gasteiger partial charge in [-0.15, -0.1) is 0 Å². The number of carbonyl (C=O) groups is 1. The van der Waals surface area contributed by atoms with Crippen LogP contribution >= 0.6 is 0 Å². The predicted octanol–water partition coefficient (Wildman–Crippen LogP) is 2.68. The number of hydrogen-bond acceptors (Lipinski definition) is 5. The molecule has 0 amide bonds. The van der Waals surface area contributed by atoms with Gasteiger partial charge >= 0.3 is 5.97 Å². The first kappa shape index (κ1) is 15.9. The molecule has 5 nitrogen and oxygen atoms in total. The number of nitrogen functional groups attached to an aromatic ring is 1. The average Bonchev–Trinajstić information content (AvgIpc) is 2.56. The van der Waals surface area contributed by atoms with Crippen molar-refractivity contribution in [1.82, 2.24) is 0 Å². The van der Waals surface area contributed by atoms with Crippen molar-refractivity contribution in [2.24, 2.45) is 0 Å². The van der Waals surface area contributed by atoms with Crippen LogP contribution in [0, 0.1) is 0 Å². The molecule has 0 bridgehead atoms. The highest BCUT2D eigenvalue weighted by molar-refractivity contribution is 5.91. The van der Waals surface area contributed by atoms with E-state index in [2.05, 4.69) is 5.32 Å². The molecule has 0 fully saturated rings. The lowest BCUT2D eigenvalue weighted by atomic mass is 10.1. The summed E-state index contributed by atoms with van der Waals surface area (Å²) in [7, 11) is 1.35. The number of ether oxygens (including phenoxy) is 2. The highest BCUT2D eigenvalue weighted by Crippen LogP contribution is 2.20. The van der Waals surface area contributed by atoms with E-state index < -0.39 is 0 Å². The van der Waals surface area contributed by atoms with Crippen LogP contribution < -0.4 is 11.1 Å². The minimum atomic E-state index is -0.386. The van der Waals surface area contributed by atoms with E-state index in [-0.39, 0.29) is 5.97 Å². The van der Waals surface area contributed by atoms with Gasteiger partial charge in [0.15, 0.2) is 0 Å². The van der Waals surface area contributed by atoms with Gasteiger partial charge in [-0.3, -0.25) is 0 Å². The number of carbonyl (C=O) groups excluding carboxylic acids is 1. The summed E-state index contributed by atoms with van der Waals surface area (Å²) in [6, 6.07) is 15.0. The van der Waals surface area contributed by atoms with Crippen molar-refractivity contribution < 1.29 is 14.3 Å². The van der Waals surface area contributed by atoms with Crippen LogP contribution in [-0.4, -0.2) is 26.2 Å². The summed E-state index contributed by atoms with van der Waals surface area (Å²) in [5.74, 6) is -0.386. The van der Waals surface area contributed by atoms with Crippen LogP contribution in [0.5, 0.6) is 0 Å². The zero-order valence-electron chi connectivity index (χ0n) is 12.5. The summed E-state index contributed by atoms with van der Waals surface area (Å²) >= 11 is 0. The van der Waals surface area contributed by atoms with Gasteiger partial charge in [-0.05, 0) is 23.8 Å². The Labute approximate surface area is 130 Å². The molecule has 0 radical (unpaired) electrons. The lowest BCUT2D eigenvalue weighted by Gasteiger charge is -2.11. The maximum Gasteiger partial charge on any atom is 0.337 e. The Bertz CT molecular complexity index is 615. The molecule has 0 atom stereocenters. The number of rotatable bonds is 7. The topological polar surface area (TPSA) is 73.6 Å². The smallest absolute Gasteiger partial charge is 0.337 e. The van der Waals surface area contributed by atoms with Crippen molar-refractivity contribution in [1.29, 1.82) is 0 Å². The molecule has 2 aromatic rings. The molecule has 0 saturated carbocycles.